The standard InChI is InChI=1S/C18H19NO4/c1-3-22-18(20)16(13-7-5-4-6-8-13)19-17(23-19)14-9-11-15(21-2)12-10-14/h4-12,16-17H,3H2,1-2H3. The summed E-state index contributed by atoms with van der Waals surface area (Å²) in [5.41, 5.74) is 1.82. The fourth-order valence-corrected chi connectivity index (χ4v) is 2.50. The van der Waals surface area contributed by atoms with Gasteiger partial charge in [-0.3, -0.25) is 4.84 Å². The predicted octanol–water partition coefficient (Wildman–Crippen LogP) is 3.25. The molecule has 0 N–H and O–H groups in total. The van der Waals surface area contributed by atoms with Gasteiger partial charge in [0.2, 0.25) is 0 Å². The van der Waals surface area contributed by atoms with Crippen molar-refractivity contribution in [1.82, 2.24) is 5.06 Å². The molecule has 120 valence electrons. The molecule has 1 saturated heterocycles. The maximum atomic E-state index is 12.3. The van der Waals surface area contributed by atoms with E-state index in [-0.39, 0.29) is 12.2 Å². The lowest BCUT2D eigenvalue weighted by Gasteiger charge is -2.15. The number of carbonyl (C=O) groups is 1. The van der Waals surface area contributed by atoms with Crippen molar-refractivity contribution in [2.24, 2.45) is 0 Å². The zero-order valence-corrected chi connectivity index (χ0v) is 13.1. The Morgan fingerprint density at radius 3 is 2.48 bits per heavy atom. The van der Waals surface area contributed by atoms with E-state index >= 15 is 0 Å². The van der Waals surface area contributed by atoms with Crippen LogP contribution in [0, 0.1) is 0 Å². The molecular weight excluding hydrogens is 294 g/mol. The normalized spacial score (nSPS) is 20.6. The number of nitrogens with zero attached hydrogens (tertiary/aromatic N) is 1. The van der Waals surface area contributed by atoms with Gasteiger partial charge >= 0.3 is 5.97 Å². The lowest BCUT2D eigenvalue weighted by Crippen LogP contribution is -2.23. The zero-order chi connectivity index (χ0) is 16.2. The van der Waals surface area contributed by atoms with Gasteiger partial charge in [0.25, 0.3) is 0 Å². The Bertz CT molecular complexity index is 656. The van der Waals surface area contributed by atoms with Crippen LogP contribution in [0.1, 0.15) is 30.3 Å². The molecule has 2 aromatic carbocycles. The molecular formula is C18H19NO4. The highest BCUT2D eigenvalue weighted by atomic mass is 16.8. The van der Waals surface area contributed by atoms with Gasteiger partial charge in [-0.25, -0.2) is 4.79 Å². The lowest BCUT2D eigenvalue weighted by molar-refractivity contribution is -0.150. The maximum Gasteiger partial charge on any atom is 0.330 e. The second-order valence-electron chi connectivity index (χ2n) is 5.16. The summed E-state index contributed by atoms with van der Waals surface area (Å²) in [7, 11) is 1.63. The van der Waals surface area contributed by atoms with E-state index in [9.17, 15) is 4.79 Å². The number of benzene rings is 2. The van der Waals surface area contributed by atoms with Crippen LogP contribution >= 0.6 is 0 Å². The van der Waals surface area contributed by atoms with Gasteiger partial charge in [-0.1, -0.05) is 42.5 Å². The van der Waals surface area contributed by atoms with Gasteiger partial charge in [0.15, 0.2) is 12.3 Å². The van der Waals surface area contributed by atoms with E-state index in [0.717, 1.165) is 16.9 Å². The van der Waals surface area contributed by atoms with Crippen LogP contribution in [-0.4, -0.2) is 24.7 Å². The molecule has 2 aromatic rings. The first-order valence-electron chi connectivity index (χ1n) is 7.55. The largest absolute Gasteiger partial charge is 0.497 e. The summed E-state index contributed by atoms with van der Waals surface area (Å²) < 4.78 is 10.4. The smallest absolute Gasteiger partial charge is 0.330 e. The summed E-state index contributed by atoms with van der Waals surface area (Å²) in [5.74, 6) is 0.473. The number of esters is 1. The SMILES string of the molecule is CCOC(=O)C(c1ccccc1)N1OC1c1ccc(OC)cc1. The molecule has 0 saturated carbocycles. The molecule has 0 aromatic heterocycles. The van der Waals surface area contributed by atoms with Gasteiger partial charge in [-0.05, 0) is 30.2 Å². The number of carbonyl (C=O) groups excluding carboxylic acids is 1. The minimum atomic E-state index is -0.566. The fraction of sp³-hybridized carbons (Fsp3) is 0.278. The summed E-state index contributed by atoms with van der Waals surface area (Å²) in [6.45, 7) is 2.13. The quantitative estimate of drug-likeness (QED) is 0.605. The van der Waals surface area contributed by atoms with Gasteiger partial charge in [-0.2, -0.15) is 0 Å². The summed E-state index contributed by atoms with van der Waals surface area (Å²) in [6, 6.07) is 16.5. The second kappa shape index (κ2) is 6.81. The number of methoxy groups -OCH3 is 1. The Morgan fingerprint density at radius 2 is 1.87 bits per heavy atom. The highest BCUT2D eigenvalue weighted by Crippen LogP contribution is 2.45. The van der Waals surface area contributed by atoms with Crippen molar-refractivity contribution in [3.05, 3.63) is 65.7 Å². The first-order valence-corrected chi connectivity index (χ1v) is 7.55. The monoisotopic (exact) mass is 313 g/mol. The summed E-state index contributed by atoms with van der Waals surface area (Å²) in [4.78, 5) is 18.0. The molecule has 1 heterocycles. The van der Waals surface area contributed by atoms with E-state index < -0.39 is 6.04 Å². The molecule has 0 amide bonds. The Morgan fingerprint density at radius 1 is 1.17 bits per heavy atom. The molecule has 1 aliphatic rings. The maximum absolute atomic E-state index is 12.3. The molecule has 3 rings (SSSR count). The number of hydrogen-bond acceptors (Lipinski definition) is 5. The van der Waals surface area contributed by atoms with E-state index in [1.807, 2.05) is 54.6 Å². The van der Waals surface area contributed by atoms with Crippen LogP contribution in [0.25, 0.3) is 0 Å². The van der Waals surface area contributed by atoms with Crippen LogP contribution in [0.5, 0.6) is 5.75 Å². The molecule has 23 heavy (non-hydrogen) atoms. The van der Waals surface area contributed by atoms with Crippen LogP contribution < -0.4 is 4.74 Å². The highest BCUT2D eigenvalue weighted by Gasteiger charge is 2.48. The molecule has 3 unspecified atom stereocenters. The van der Waals surface area contributed by atoms with Crippen molar-refractivity contribution >= 4 is 5.97 Å². The van der Waals surface area contributed by atoms with Gasteiger partial charge in [-0.15, -0.1) is 5.06 Å². The van der Waals surface area contributed by atoms with Crippen molar-refractivity contribution < 1.29 is 19.1 Å². The first kappa shape index (κ1) is 15.5. The molecule has 0 aliphatic carbocycles. The van der Waals surface area contributed by atoms with Crippen LogP contribution in [-0.2, 0) is 14.4 Å². The topological polar surface area (TPSA) is 51.1 Å². The third-order valence-corrected chi connectivity index (χ3v) is 3.69. The Hall–Kier alpha value is -2.37. The third-order valence-electron chi connectivity index (χ3n) is 3.69. The van der Waals surface area contributed by atoms with Crippen LogP contribution in [0.2, 0.25) is 0 Å². The number of ether oxygens (including phenoxy) is 2. The molecule has 1 aliphatic heterocycles. The summed E-state index contributed by atoms with van der Waals surface area (Å²) in [6.07, 6.45) is -0.254. The van der Waals surface area contributed by atoms with Crippen molar-refractivity contribution in [2.75, 3.05) is 13.7 Å². The minimum absolute atomic E-state index is 0.254. The third kappa shape index (κ3) is 3.36. The van der Waals surface area contributed by atoms with Crippen molar-refractivity contribution in [3.63, 3.8) is 0 Å². The molecule has 0 radical (unpaired) electrons. The van der Waals surface area contributed by atoms with Gasteiger partial charge in [0.1, 0.15) is 5.75 Å². The van der Waals surface area contributed by atoms with E-state index in [1.54, 1.807) is 19.1 Å². The van der Waals surface area contributed by atoms with E-state index in [1.165, 1.54) is 0 Å². The van der Waals surface area contributed by atoms with Crippen LogP contribution in [0.4, 0.5) is 0 Å². The van der Waals surface area contributed by atoms with Crippen LogP contribution in [0.15, 0.2) is 54.6 Å². The predicted molar refractivity (Wildman–Crippen MR) is 84.5 cm³/mol. The first-order chi connectivity index (χ1) is 11.2. The Labute approximate surface area is 135 Å². The highest BCUT2D eigenvalue weighted by molar-refractivity contribution is 5.77. The lowest BCUT2D eigenvalue weighted by atomic mass is 10.1. The van der Waals surface area contributed by atoms with Gasteiger partial charge < -0.3 is 9.47 Å². The van der Waals surface area contributed by atoms with Crippen molar-refractivity contribution in [1.29, 1.82) is 0 Å². The molecule has 3 atom stereocenters. The number of hydrogen-bond donors (Lipinski definition) is 0. The molecule has 0 bridgehead atoms. The average molecular weight is 313 g/mol. The zero-order valence-electron chi connectivity index (χ0n) is 13.1. The van der Waals surface area contributed by atoms with Crippen molar-refractivity contribution in [3.8, 4) is 5.75 Å². The molecule has 0 spiro atoms. The molecule has 5 nitrogen and oxygen atoms in total. The summed E-state index contributed by atoms with van der Waals surface area (Å²) in [5, 5.41) is 1.66. The fourth-order valence-electron chi connectivity index (χ4n) is 2.50. The van der Waals surface area contributed by atoms with E-state index in [2.05, 4.69) is 0 Å². The Balaban J connectivity index is 1.80. The number of rotatable bonds is 6. The summed E-state index contributed by atoms with van der Waals surface area (Å²) >= 11 is 0. The van der Waals surface area contributed by atoms with E-state index in [0.29, 0.717) is 6.61 Å². The van der Waals surface area contributed by atoms with Gasteiger partial charge in [0.05, 0.1) is 13.7 Å². The van der Waals surface area contributed by atoms with Crippen molar-refractivity contribution in [2.45, 2.75) is 19.2 Å². The number of hydroxylamine groups is 2. The molecule has 5 heteroatoms. The van der Waals surface area contributed by atoms with Crippen LogP contribution in [0.3, 0.4) is 0 Å². The Kier molecular flexibility index (Phi) is 4.60. The average Bonchev–Trinajstić information content (AvgIpc) is 3.37. The molecule has 1 fully saturated rings. The minimum Gasteiger partial charge on any atom is -0.497 e. The second-order valence-corrected chi connectivity index (χ2v) is 5.16. The van der Waals surface area contributed by atoms with E-state index in [4.69, 9.17) is 14.3 Å². The van der Waals surface area contributed by atoms with Gasteiger partial charge in [0, 0.05) is 0 Å².